The molecule has 90 valence electrons. The predicted octanol–water partition coefficient (Wildman–Crippen LogP) is 0.868. The van der Waals surface area contributed by atoms with E-state index in [2.05, 4.69) is 12.2 Å². The summed E-state index contributed by atoms with van der Waals surface area (Å²) in [5.74, 6) is 0.0945. The summed E-state index contributed by atoms with van der Waals surface area (Å²) in [5.41, 5.74) is -0.145. The molecule has 0 aromatic rings. The highest BCUT2D eigenvalue weighted by Crippen LogP contribution is 2.14. The largest absolute Gasteiger partial charge is 0.379 e. The molecular weight excluding hydrogens is 192 g/mol. The summed E-state index contributed by atoms with van der Waals surface area (Å²) in [6, 6.07) is 0.267. The number of ether oxygens (including phenoxy) is 1. The van der Waals surface area contributed by atoms with Gasteiger partial charge in [-0.25, -0.2) is 0 Å². The minimum atomic E-state index is -0.145. The maximum atomic E-state index is 11.3. The standard InChI is InChI=1S/C11H24N2O2/c1-9(7-11(2,3)15-6)12-8-10(14)13(4)5/h9,12H,7-8H2,1-6H3/t9-/m0/s1. The van der Waals surface area contributed by atoms with Crippen molar-refractivity contribution in [2.24, 2.45) is 0 Å². The highest BCUT2D eigenvalue weighted by atomic mass is 16.5. The summed E-state index contributed by atoms with van der Waals surface area (Å²) in [4.78, 5) is 12.9. The fraction of sp³-hybridized carbons (Fsp3) is 0.909. The number of nitrogens with one attached hydrogen (secondary N) is 1. The van der Waals surface area contributed by atoms with Gasteiger partial charge in [0.05, 0.1) is 12.1 Å². The molecule has 15 heavy (non-hydrogen) atoms. The molecule has 0 spiro atoms. The molecule has 4 nitrogen and oxygen atoms in total. The zero-order valence-electron chi connectivity index (χ0n) is 10.8. The van der Waals surface area contributed by atoms with E-state index in [1.165, 1.54) is 0 Å². The second kappa shape index (κ2) is 6.08. The van der Waals surface area contributed by atoms with Gasteiger partial charge in [0.2, 0.25) is 5.91 Å². The van der Waals surface area contributed by atoms with E-state index in [4.69, 9.17) is 4.74 Å². The Morgan fingerprint density at radius 1 is 1.47 bits per heavy atom. The highest BCUT2D eigenvalue weighted by Gasteiger charge is 2.20. The van der Waals surface area contributed by atoms with Crippen molar-refractivity contribution < 1.29 is 9.53 Å². The molecule has 0 heterocycles. The third-order valence-corrected chi connectivity index (χ3v) is 2.45. The van der Waals surface area contributed by atoms with Gasteiger partial charge < -0.3 is 15.0 Å². The molecule has 0 rings (SSSR count). The lowest BCUT2D eigenvalue weighted by atomic mass is 10.00. The number of amides is 1. The monoisotopic (exact) mass is 216 g/mol. The third kappa shape index (κ3) is 6.47. The number of hydrogen-bond donors (Lipinski definition) is 1. The number of methoxy groups -OCH3 is 1. The lowest BCUT2D eigenvalue weighted by Crippen LogP contribution is -2.41. The average molecular weight is 216 g/mol. The van der Waals surface area contributed by atoms with Crippen LogP contribution in [0.25, 0.3) is 0 Å². The topological polar surface area (TPSA) is 41.6 Å². The maximum absolute atomic E-state index is 11.3. The summed E-state index contributed by atoms with van der Waals surface area (Å²) in [7, 11) is 5.22. The average Bonchev–Trinajstić information content (AvgIpc) is 2.13. The smallest absolute Gasteiger partial charge is 0.236 e. The van der Waals surface area contributed by atoms with E-state index < -0.39 is 0 Å². The third-order valence-electron chi connectivity index (χ3n) is 2.45. The second-order valence-electron chi connectivity index (χ2n) is 4.74. The molecule has 0 aliphatic heterocycles. The zero-order chi connectivity index (χ0) is 12.1. The molecule has 1 atom stereocenters. The van der Waals surface area contributed by atoms with Gasteiger partial charge in [0.25, 0.3) is 0 Å². The molecule has 0 aliphatic rings. The van der Waals surface area contributed by atoms with Crippen LogP contribution in [0.1, 0.15) is 27.2 Å². The van der Waals surface area contributed by atoms with Gasteiger partial charge in [-0.1, -0.05) is 0 Å². The molecule has 0 aromatic carbocycles. The fourth-order valence-electron chi connectivity index (χ4n) is 1.31. The van der Waals surface area contributed by atoms with Crippen molar-refractivity contribution in [3.05, 3.63) is 0 Å². The van der Waals surface area contributed by atoms with E-state index >= 15 is 0 Å². The fourth-order valence-corrected chi connectivity index (χ4v) is 1.31. The van der Waals surface area contributed by atoms with Crippen LogP contribution in [-0.2, 0) is 9.53 Å². The SMILES string of the molecule is COC(C)(C)C[C@H](C)NCC(=O)N(C)C. The number of nitrogens with zero attached hydrogens (tertiary/aromatic N) is 1. The first-order chi connectivity index (χ1) is 6.78. The van der Waals surface area contributed by atoms with Crippen LogP contribution in [0, 0.1) is 0 Å². The summed E-state index contributed by atoms with van der Waals surface area (Å²) < 4.78 is 5.33. The molecule has 0 radical (unpaired) electrons. The van der Waals surface area contributed by atoms with Crippen LogP contribution in [0.2, 0.25) is 0 Å². The van der Waals surface area contributed by atoms with E-state index in [0.29, 0.717) is 6.54 Å². The Morgan fingerprint density at radius 3 is 2.40 bits per heavy atom. The maximum Gasteiger partial charge on any atom is 0.236 e. The number of carbonyl (C=O) groups excluding carboxylic acids is 1. The first-order valence-corrected chi connectivity index (χ1v) is 5.27. The van der Waals surface area contributed by atoms with Crippen LogP contribution in [0.3, 0.4) is 0 Å². The quantitative estimate of drug-likeness (QED) is 0.716. The molecule has 0 unspecified atom stereocenters. The number of carbonyl (C=O) groups is 1. The summed E-state index contributed by atoms with van der Waals surface area (Å²) in [6.07, 6.45) is 0.879. The number of rotatable bonds is 6. The molecule has 0 aliphatic carbocycles. The zero-order valence-corrected chi connectivity index (χ0v) is 10.8. The molecule has 1 amide bonds. The van der Waals surface area contributed by atoms with Gasteiger partial charge in [-0.2, -0.15) is 0 Å². The number of hydrogen-bond acceptors (Lipinski definition) is 3. The molecule has 1 N–H and O–H groups in total. The Balaban J connectivity index is 3.85. The molecule has 0 fully saturated rings. The number of likely N-dealkylation sites (N-methyl/N-ethyl adjacent to an activating group) is 1. The van der Waals surface area contributed by atoms with E-state index in [0.717, 1.165) is 6.42 Å². The summed E-state index contributed by atoms with van der Waals surface area (Å²) in [5, 5.41) is 3.18. The minimum absolute atomic E-state index is 0.0945. The van der Waals surface area contributed by atoms with Crippen molar-refractivity contribution in [3.8, 4) is 0 Å². The van der Waals surface area contributed by atoms with Gasteiger partial charge in [0.15, 0.2) is 0 Å². The normalized spacial score (nSPS) is 13.7. The van der Waals surface area contributed by atoms with Crippen molar-refractivity contribution >= 4 is 5.91 Å². The Bertz CT molecular complexity index is 203. The van der Waals surface area contributed by atoms with Gasteiger partial charge >= 0.3 is 0 Å². The van der Waals surface area contributed by atoms with Crippen molar-refractivity contribution in [2.75, 3.05) is 27.7 Å². The Kier molecular flexibility index (Phi) is 5.83. The minimum Gasteiger partial charge on any atom is -0.379 e. The first-order valence-electron chi connectivity index (χ1n) is 5.27. The first kappa shape index (κ1) is 14.4. The van der Waals surface area contributed by atoms with Gasteiger partial charge in [-0.15, -0.1) is 0 Å². The Hall–Kier alpha value is -0.610. The predicted molar refractivity (Wildman–Crippen MR) is 61.9 cm³/mol. The van der Waals surface area contributed by atoms with Gasteiger partial charge in [0, 0.05) is 27.2 Å². The van der Waals surface area contributed by atoms with Crippen molar-refractivity contribution in [1.29, 1.82) is 0 Å². The Labute approximate surface area is 93.0 Å². The van der Waals surface area contributed by atoms with Gasteiger partial charge in [-0.05, 0) is 27.2 Å². The molecular formula is C11H24N2O2. The van der Waals surface area contributed by atoms with Crippen molar-refractivity contribution in [3.63, 3.8) is 0 Å². The van der Waals surface area contributed by atoms with E-state index in [1.807, 2.05) is 13.8 Å². The molecule has 0 saturated heterocycles. The van der Waals surface area contributed by atoms with Crippen LogP contribution in [0.15, 0.2) is 0 Å². The van der Waals surface area contributed by atoms with Crippen LogP contribution in [-0.4, -0.2) is 50.2 Å². The van der Waals surface area contributed by atoms with Gasteiger partial charge in [0.1, 0.15) is 0 Å². The van der Waals surface area contributed by atoms with E-state index in [-0.39, 0.29) is 17.6 Å². The van der Waals surface area contributed by atoms with Crippen LogP contribution in [0.5, 0.6) is 0 Å². The van der Waals surface area contributed by atoms with Crippen LogP contribution >= 0.6 is 0 Å². The lowest BCUT2D eigenvalue weighted by Gasteiger charge is -2.27. The van der Waals surface area contributed by atoms with Crippen LogP contribution < -0.4 is 5.32 Å². The Morgan fingerprint density at radius 2 is 2.00 bits per heavy atom. The summed E-state index contributed by atoms with van der Waals surface area (Å²) >= 11 is 0. The molecule has 0 bridgehead atoms. The van der Waals surface area contributed by atoms with Crippen molar-refractivity contribution in [1.82, 2.24) is 10.2 Å². The van der Waals surface area contributed by atoms with E-state index in [1.54, 1.807) is 26.1 Å². The summed E-state index contributed by atoms with van der Waals surface area (Å²) in [6.45, 7) is 6.52. The highest BCUT2D eigenvalue weighted by molar-refractivity contribution is 5.77. The molecule has 0 aromatic heterocycles. The van der Waals surface area contributed by atoms with Gasteiger partial charge in [-0.3, -0.25) is 4.79 Å². The lowest BCUT2D eigenvalue weighted by molar-refractivity contribution is -0.127. The van der Waals surface area contributed by atoms with Crippen LogP contribution in [0.4, 0.5) is 0 Å². The van der Waals surface area contributed by atoms with E-state index in [9.17, 15) is 4.79 Å². The second-order valence-corrected chi connectivity index (χ2v) is 4.74. The van der Waals surface area contributed by atoms with Crippen molar-refractivity contribution in [2.45, 2.75) is 38.8 Å². The molecule has 4 heteroatoms. The molecule has 0 saturated carbocycles.